The number of aromatic nitrogens is 2. The lowest BCUT2D eigenvalue weighted by Gasteiger charge is -2.36. The Balaban J connectivity index is 0.819. The second-order valence-corrected chi connectivity index (χ2v) is 18.4. The summed E-state index contributed by atoms with van der Waals surface area (Å²) in [7, 11) is -3.71. The van der Waals surface area contributed by atoms with E-state index in [2.05, 4.69) is 40.9 Å². The molecule has 0 saturated carbocycles. The Morgan fingerprint density at radius 1 is 0.839 bits per heavy atom. The third kappa shape index (κ3) is 10.4. The zero-order valence-corrected chi connectivity index (χ0v) is 36.1. The molecule has 0 bridgehead atoms. The molecule has 1 unspecified atom stereocenters. The molecule has 2 fully saturated rings. The van der Waals surface area contributed by atoms with Gasteiger partial charge in [0.25, 0.3) is 11.8 Å². The number of aryl methyl sites for hydroxylation is 1. The Bertz CT molecular complexity index is 2480. The van der Waals surface area contributed by atoms with Crippen LogP contribution in [0.15, 0.2) is 77.8 Å². The van der Waals surface area contributed by atoms with Gasteiger partial charge in [-0.15, -0.1) is 0 Å². The molecule has 5 N–H and O–H groups in total. The SMILES string of the molecule is Cc1cnc(Nc2ccc(N3CCN(C(=O)CCCCCNc4ccc5c(c4)C(=O)N(C4CCC(=O)NC4=O)C5=O)CC3)cc2)nc1Nc1cccc(S(=O)(=O)NC(C)(C)C)c1. The van der Waals surface area contributed by atoms with E-state index in [9.17, 15) is 32.4 Å². The molecule has 1 atom stereocenters. The minimum absolute atomic E-state index is 0.0676. The molecule has 3 aliphatic heterocycles. The van der Waals surface area contributed by atoms with E-state index in [4.69, 9.17) is 0 Å². The van der Waals surface area contributed by atoms with Gasteiger partial charge in [0.05, 0.1) is 16.0 Å². The summed E-state index contributed by atoms with van der Waals surface area (Å²) in [5.74, 6) is -1.07. The van der Waals surface area contributed by atoms with Crippen LogP contribution in [0.1, 0.15) is 85.6 Å². The second kappa shape index (κ2) is 18.3. The molecule has 17 nitrogen and oxygen atoms in total. The van der Waals surface area contributed by atoms with Crippen molar-refractivity contribution in [3.63, 3.8) is 0 Å². The largest absolute Gasteiger partial charge is 0.385 e. The quantitative estimate of drug-likeness (QED) is 0.0781. The Morgan fingerprint density at radius 3 is 2.29 bits per heavy atom. The van der Waals surface area contributed by atoms with Crippen LogP contribution in [0.5, 0.6) is 0 Å². The number of carbonyl (C=O) groups is 5. The molecule has 2 saturated heterocycles. The van der Waals surface area contributed by atoms with E-state index in [1.807, 2.05) is 36.1 Å². The maximum Gasteiger partial charge on any atom is 0.262 e. The van der Waals surface area contributed by atoms with Crippen molar-refractivity contribution in [2.45, 2.75) is 82.7 Å². The Kier molecular flexibility index (Phi) is 12.9. The number of rotatable bonds is 15. The third-order valence-corrected chi connectivity index (χ3v) is 12.5. The Labute approximate surface area is 361 Å². The van der Waals surface area contributed by atoms with Gasteiger partial charge in [-0.05, 0) is 108 Å². The van der Waals surface area contributed by atoms with Gasteiger partial charge in [0, 0.05) is 85.6 Å². The molecule has 3 aromatic carbocycles. The number of nitrogens with one attached hydrogen (secondary N) is 5. The van der Waals surface area contributed by atoms with E-state index < -0.39 is 45.2 Å². The van der Waals surface area contributed by atoms with Crippen LogP contribution in [0.4, 0.5) is 34.5 Å². The topological polar surface area (TPSA) is 215 Å². The van der Waals surface area contributed by atoms with Crippen molar-refractivity contribution in [2.75, 3.05) is 53.6 Å². The number of imide groups is 2. The van der Waals surface area contributed by atoms with Crippen LogP contribution in [0.2, 0.25) is 0 Å². The standard InChI is InChI=1S/C44H52N10O7S/c1-28-27-46-43(50-39(28)47-31-9-8-10-33(25-31)62(60,61)51-44(2,3)4)48-29-12-15-32(16-13-29)52-21-23-53(24-22-52)38(56)11-6-5-7-20-45-30-14-17-34-35(26-30)42(59)54(41(34)58)36-18-19-37(55)49-40(36)57/h8-10,12-17,25-27,36,45,51H,5-7,11,18-24H2,1-4H3,(H,49,55,57)(H2,46,47,48,50). The average molecular weight is 865 g/mol. The number of hydrogen-bond donors (Lipinski definition) is 5. The fourth-order valence-electron chi connectivity index (χ4n) is 7.62. The van der Waals surface area contributed by atoms with Crippen molar-refractivity contribution in [1.29, 1.82) is 0 Å². The number of amides is 5. The van der Waals surface area contributed by atoms with Crippen LogP contribution in [-0.4, -0.2) is 102 Å². The van der Waals surface area contributed by atoms with Gasteiger partial charge in [0.1, 0.15) is 11.9 Å². The summed E-state index contributed by atoms with van der Waals surface area (Å²) in [6.07, 6.45) is 4.74. The summed E-state index contributed by atoms with van der Waals surface area (Å²) >= 11 is 0. The van der Waals surface area contributed by atoms with E-state index in [0.717, 1.165) is 41.1 Å². The van der Waals surface area contributed by atoms with E-state index in [1.165, 1.54) is 0 Å². The van der Waals surface area contributed by atoms with Crippen molar-refractivity contribution in [1.82, 2.24) is 29.8 Å². The highest BCUT2D eigenvalue weighted by Gasteiger charge is 2.44. The number of nitrogens with zero attached hydrogens (tertiary/aromatic N) is 5. The lowest BCUT2D eigenvalue weighted by atomic mass is 10.0. The molecule has 3 aliphatic rings. The lowest BCUT2D eigenvalue weighted by molar-refractivity contribution is -0.136. The molecule has 62 heavy (non-hydrogen) atoms. The van der Waals surface area contributed by atoms with E-state index in [0.29, 0.717) is 62.3 Å². The maximum absolute atomic E-state index is 13.1. The minimum atomic E-state index is -3.71. The van der Waals surface area contributed by atoms with Crippen molar-refractivity contribution in [3.05, 3.63) is 89.6 Å². The van der Waals surface area contributed by atoms with Crippen LogP contribution in [0, 0.1) is 6.92 Å². The number of piperidine rings is 1. The lowest BCUT2D eigenvalue weighted by Crippen LogP contribution is -2.54. The minimum Gasteiger partial charge on any atom is -0.385 e. The van der Waals surface area contributed by atoms with E-state index >= 15 is 0 Å². The van der Waals surface area contributed by atoms with Gasteiger partial charge in [0.15, 0.2) is 0 Å². The zero-order valence-electron chi connectivity index (χ0n) is 35.3. The molecule has 0 aliphatic carbocycles. The van der Waals surface area contributed by atoms with Gasteiger partial charge in [0.2, 0.25) is 33.7 Å². The van der Waals surface area contributed by atoms with Gasteiger partial charge in [-0.25, -0.2) is 18.1 Å². The number of anilines is 6. The Hall–Kier alpha value is -6.40. The highest BCUT2D eigenvalue weighted by atomic mass is 32.2. The average Bonchev–Trinajstić information content (AvgIpc) is 3.47. The van der Waals surface area contributed by atoms with Gasteiger partial charge in [-0.1, -0.05) is 12.5 Å². The number of carbonyl (C=O) groups excluding carboxylic acids is 5. The molecule has 7 rings (SSSR count). The Morgan fingerprint density at radius 2 is 1.56 bits per heavy atom. The first-order valence-corrected chi connectivity index (χ1v) is 22.3. The fraction of sp³-hybridized carbons (Fsp3) is 0.386. The molecule has 0 spiro atoms. The predicted molar refractivity (Wildman–Crippen MR) is 235 cm³/mol. The maximum atomic E-state index is 13.1. The van der Waals surface area contributed by atoms with Crippen LogP contribution in [0.25, 0.3) is 0 Å². The first-order chi connectivity index (χ1) is 29.5. The van der Waals surface area contributed by atoms with Gasteiger partial charge < -0.3 is 25.8 Å². The van der Waals surface area contributed by atoms with Crippen molar-refractivity contribution >= 4 is 74.1 Å². The monoisotopic (exact) mass is 864 g/mol. The summed E-state index contributed by atoms with van der Waals surface area (Å²) in [4.78, 5) is 77.3. The molecule has 0 radical (unpaired) electrons. The number of unbranched alkanes of at least 4 members (excludes halogenated alkanes) is 2. The number of fused-ring (bicyclic) bond motifs is 1. The summed E-state index contributed by atoms with van der Waals surface area (Å²) in [5, 5.41) is 12.0. The van der Waals surface area contributed by atoms with E-state index in [1.54, 1.807) is 69.4 Å². The highest BCUT2D eigenvalue weighted by Crippen LogP contribution is 2.30. The first kappa shape index (κ1) is 43.7. The molecule has 326 valence electrons. The smallest absolute Gasteiger partial charge is 0.262 e. The van der Waals surface area contributed by atoms with Crippen LogP contribution in [-0.2, 0) is 24.4 Å². The van der Waals surface area contributed by atoms with Crippen molar-refractivity contribution in [3.8, 4) is 0 Å². The molecule has 1 aromatic heterocycles. The van der Waals surface area contributed by atoms with Crippen LogP contribution in [0.3, 0.4) is 0 Å². The highest BCUT2D eigenvalue weighted by molar-refractivity contribution is 7.89. The van der Waals surface area contributed by atoms with Gasteiger partial charge in [-0.3, -0.25) is 34.2 Å². The molecule has 4 aromatic rings. The number of piperazine rings is 1. The molecular formula is C44H52N10O7S. The summed E-state index contributed by atoms with van der Waals surface area (Å²) in [6, 6.07) is 18.5. The fourth-order valence-corrected chi connectivity index (χ4v) is 9.08. The number of sulfonamides is 1. The van der Waals surface area contributed by atoms with Gasteiger partial charge >= 0.3 is 0 Å². The van der Waals surface area contributed by atoms with Crippen LogP contribution < -0.4 is 30.9 Å². The molecule has 4 heterocycles. The first-order valence-electron chi connectivity index (χ1n) is 20.8. The molecule has 18 heteroatoms. The second-order valence-electron chi connectivity index (χ2n) is 16.7. The molecule has 5 amide bonds. The summed E-state index contributed by atoms with van der Waals surface area (Å²) in [5.41, 5.74) is 3.73. The number of benzene rings is 3. The predicted octanol–water partition coefficient (Wildman–Crippen LogP) is 5.07. The third-order valence-electron chi connectivity index (χ3n) is 10.8. The van der Waals surface area contributed by atoms with Crippen molar-refractivity contribution in [2.24, 2.45) is 0 Å². The van der Waals surface area contributed by atoms with Crippen molar-refractivity contribution < 1.29 is 32.4 Å². The summed E-state index contributed by atoms with van der Waals surface area (Å²) in [6.45, 7) is 10.6. The van der Waals surface area contributed by atoms with Crippen LogP contribution >= 0.6 is 0 Å². The summed E-state index contributed by atoms with van der Waals surface area (Å²) < 4.78 is 28.5. The van der Waals surface area contributed by atoms with E-state index in [-0.39, 0.29) is 34.8 Å². The number of hydrogen-bond acceptors (Lipinski definition) is 13. The normalized spacial score (nSPS) is 16.9. The molecular weight excluding hydrogens is 813 g/mol. The zero-order chi connectivity index (χ0) is 44.2. The van der Waals surface area contributed by atoms with Gasteiger partial charge in [-0.2, -0.15) is 4.98 Å².